The SMILES string of the molecule is COCCN1CC(=O)N(Cc2cnc(-c3ccccc3OC)s2)[C@@H](C)C1=O. The molecule has 1 saturated heterocycles. The zero-order valence-corrected chi connectivity index (χ0v) is 16.5. The van der Waals surface area contributed by atoms with Crippen LogP contribution in [0.25, 0.3) is 10.6 Å². The Hall–Kier alpha value is -2.45. The average Bonchev–Trinajstić information content (AvgIpc) is 3.15. The van der Waals surface area contributed by atoms with E-state index in [-0.39, 0.29) is 18.4 Å². The molecule has 3 rings (SSSR count). The number of rotatable bonds is 7. The fraction of sp³-hybridized carbons (Fsp3) is 0.421. The lowest BCUT2D eigenvalue weighted by molar-refractivity contribution is -0.156. The smallest absolute Gasteiger partial charge is 0.245 e. The Balaban J connectivity index is 1.73. The van der Waals surface area contributed by atoms with Crippen molar-refractivity contribution in [3.8, 4) is 16.3 Å². The molecular formula is C19H23N3O4S. The number of piperazine rings is 1. The van der Waals surface area contributed by atoms with E-state index in [1.165, 1.54) is 11.3 Å². The van der Waals surface area contributed by atoms with Gasteiger partial charge >= 0.3 is 0 Å². The van der Waals surface area contributed by atoms with Gasteiger partial charge in [-0.25, -0.2) is 4.98 Å². The third-order valence-electron chi connectivity index (χ3n) is 4.57. The Labute approximate surface area is 162 Å². The number of carbonyl (C=O) groups is 2. The summed E-state index contributed by atoms with van der Waals surface area (Å²) < 4.78 is 10.4. The Bertz CT molecular complexity index is 823. The molecule has 8 heteroatoms. The lowest BCUT2D eigenvalue weighted by Crippen LogP contribution is -2.58. The number of thiazole rings is 1. The van der Waals surface area contributed by atoms with Crippen LogP contribution in [0.5, 0.6) is 5.75 Å². The Morgan fingerprint density at radius 3 is 2.78 bits per heavy atom. The molecule has 2 heterocycles. The zero-order chi connectivity index (χ0) is 19.4. The predicted octanol–water partition coefficient (Wildman–Crippen LogP) is 2.02. The number of carbonyl (C=O) groups excluding carboxylic acids is 2. The number of aromatic nitrogens is 1. The first kappa shape index (κ1) is 19.3. The number of hydrogen-bond acceptors (Lipinski definition) is 6. The molecule has 0 radical (unpaired) electrons. The third kappa shape index (κ3) is 4.12. The first-order chi connectivity index (χ1) is 13.0. The van der Waals surface area contributed by atoms with Gasteiger partial charge in [-0.2, -0.15) is 0 Å². The highest BCUT2D eigenvalue weighted by Gasteiger charge is 2.36. The molecule has 1 aromatic carbocycles. The van der Waals surface area contributed by atoms with Gasteiger partial charge in [0, 0.05) is 24.7 Å². The molecule has 0 spiro atoms. The summed E-state index contributed by atoms with van der Waals surface area (Å²) in [6, 6.07) is 7.18. The van der Waals surface area contributed by atoms with Crippen LogP contribution in [0.1, 0.15) is 11.8 Å². The summed E-state index contributed by atoms with van der Waals surface area (Å²) in [7, 11) is 3.21. The van der Waals surface area contributed by atoms with Crippen molar-refractivity contribution in [3.05, 3.63) is 35.3 Å². The average molecular weight is 389 g/mol. The van der Waals surface area contributed by atoms with E-state index in [4.69, 9.17) is 9.47 Å². The first-order valence-corrected chi connectivity index (χ1v) is 9.52. The summed E-state index contributed by atoms with van der Waals surface area (Å²) in [6.45, 7) is 3.07. The molecule has 0 bridgehead atoms. The van der Waals surface area contributed by atoms with Crippen molar-refractivity contribution in [1.82, 2.24) is 14.8 Å². The molecule has 1 aliphatic rings. The number of ether oxygens (including phenoxy) is 2. The van der Waals surface area contributed by atoms with Crippen molar-refractivity contribution in [2.75, 3.05) is 33.9 Å². The topological polar surface area (TPSA) is 72.0 Å². The molecule has 0 unspecified atom stereocenters. The molecule has 0 saturated carbocycles. The van der Waals surface area contributed by atoms with E-state index in [0.29, 0.717) is 19.7 Å². The summed E-state index contributed by atoms with van der Waals surface area (Å²) in [4.78, 5) is 33.7. The van der Waals surface area contributed by atoms with Crippen molar-refractivity contribution in [2.24, 2.45) is 0 Å². The minimum atomic E-state index is -0.500. The van der Waals surface area contributed by atoms with E-state index in [9.17, 15) is 9.59 Å². The summed E-state index contributed by atoms with van der Waals surface area (Å²) in [5, 5.41) is 0.826. The molecule has 2 aromatic rings. The quantitative estimate of drug-likeness (QED) is 0.725. The van der Waals surface area contributed by atoms with Gasteiger partial charge in [-0.15, -0.1) is 11.3 Å². The Kier molecular flexibility index (Phi) is 6.08. The fourth-order valence-corrected chi connectivity index (χ4v) is 4.00. The normalized spacial score (nSPS) is 17.5. The molecule has 1 aliphatic heterocycles. The van der Waals surface area contributed by atoms with E-state index in [1.54, 1.807) is 37.1 Å². The molecule has 1 fully saturated rings. The zero-order valence-electron chi connectivity index (χ0n) is 15.7. The molecule has 0 aliphatic carbocycles. The second kappa shape index (κ2) is 8.49. The highest BCUT2D eigenvalue weighted by atomic mass is 32.1. The van der Waals surface area contributed by atoms with Crippen LogP contribution in [0.4, 0.5) is 0 Å². The number of amides is 2. The highest BCUT2D eigenvalue weighted by Crippen LogP contribution is 2.33. The van der Waals surface area contributed by atoms with Gasteiger partial charge in [0.1, 0.15) is 16.8 Å². The second-order valence-electron chi connectivity index (χ2n) is 6.28. The van der Waals surface area contributed by atoms with Gasteiger partial charge in [0.25, 0.3) is 0 Å². The van der Waals surface area contributed by atoms with Gasteiger partial charge in [-0.05, 0) is 19.1 Å². The number of methoxy groups -OCH3 is 2. The third-order valence-corrected chi connectivity index (χ3v) is 5.58. The van der Waals surface area contributed by atoms with E-state index >= 15 is 0 Å². The van der Waals surface area contributed by atoms with E-state index in [1.807, 2.05) is 24.3 Å². The van der Waals surface area contributed by atoms with Crippen LogP contribution >= 0.6 is 11.3 Å². The number of para-hydroxylation sites is 1. The summed E-state index contributed by atoms with van der Waals surface area (Å²) in [6.07, 6.45) is 1.76. The second-order valence-corrected chi connectivity index (χ2v) is 7.40. The molecule has 7 nitrogen and oxygen atoms in total. The summed E-state index contributed by atoms with van der Waals surface area (Å²) in [5.41, 5.74) is 0.913. The van der Waals surface area contributed by atoms with Crippen LogP contribution in [0.15, 0.2) is 30.5 Å². The van der Waals surface area contributed by atoms with E-state index in [2.05, 4.69) is 4.98 Å². The van der Waals surface area contributed by atoms with Gasteiger partial charge in [-0.1, -0.05) is 12.1 Å². The lowest BCUT2D eigenvalue weighted by atomic mass is 10.1. The maximum absolute atomic E-state index is 12.6. The molecule has 144 valence electrons. The van der Waals surface area contributed by atoms with Crippen LogP contribution in [0, 0.1) is 0 Å². The monoisotopic (exact) mass is 389 g/mol. The van der Waals surface area contributed by atoms with Crippen LogP contribution in [-0.4, -0.2) is 66.6 Å². The summed E-state index contributed by atoms with van der Waals surface area (Å²) >= 11 is 1.50. The number of nitrogens with zero attached hydrogens (tertiary/aromatic N) is 3. The van der Waals surface area contributed by atoms with Crippen molar-refractivity contribution in [2.45, 2.75) is 19.5 Å². The maximum Gasteiger partial charge on any atom is 0.245 e. The number of benzene rings is 1. The molecule has 2 amide bonds. The van der Waals surface area contributed by atoms with Crippen molar-refractivity contribution in [3.63, 3.8) is 0 Å². The first-order valence-electron chi connectivity index (χ1n) is 8.70. The van der Waals surface area contributed by atoms with Crippen molar-refractivity contribution >= 4 is 23.2 Å². The van der Waals surface area contributed by atoms with E-state index in [0.717, 1.165) is 21.2 Å². The predicted molar refractivity (Wildman–Crippen MR) is 103 cm³/mol. The van der Waals surface area contributed by atoms with Crippen molar-refractivity contribution < 1.29 is 19.1 Å². The molecule has 0 N–H and O–H groups in total. The minimum Gasteiger partial charge on any atom is -0.496 e. The largest absolute Gasteiger partial charge is 0.496 e. The lowest BCUT2D eigenvalue weighted by Gasteiger charge is -2.38. The molecule has 27 heavy (non-hydrogen) atoms. The minimum absolute atomic E-state index is 0.0545. The van der Waals surface area contributed by atoms with E-state index < -0.39 is 6.04 Å². The van der Waals surface area contributed by atoms with Crippen LogP contribution in [-0.2, 0) is 20.9 Å². The molecule has 1 aromatic heterocycles. The van der Waals surface area contributed by atoms with Crippen LogP contribution in [0.3, 0.4) is 0 Å². The van der Waals surface area contributed by atoms with Gasteiger partial charge in [-0.3, -0.25) is 9.59 Å². The molecule has 1 atom stereocenters. The van der Waals surface area contributed by atoms with Gasteiger partial charge in [0.05, 0.1) is 32.4 Å². The fourth-order valence-electron chi connectivity index (χ4n) is 3.06. The Morgan fingerprint density at radius 1 is 1.26 bits per heavy atom. The maximum atomic E-state index is 12.6. The van der Waals surface area contributed by atoms with Gasteiger partial charge < -0.3 is 19.3 Å². The highest BCUT2D eigenvalue weighted by molar-refractivity contribution is 7.15. The van der Waals surface area contributed by atoms with Crippen molar-refractivity contribution in [1.29, 1.82) is 0 Å². The standard InChI is InChI=1S/C19H23N3O4S/c1-13-19(24)21(8-9-25-2)12-17(23)22(13)11-14-10-20-18(27-14)15-6-4-5-7-16(15)26-3/h4-7,10,13H,8-9,11-12H2,1-3H3/t13-/m0/s1. The van der Waals surface area contributed by atoms with Gasteiger partial charge in [0.15, 0.2) is 0 Å². The summed E-state index contributed by atoms with van der Waals surface area (Å²) in [5.74, 6) is 0.636. The van der Waals surface area contributed by atoms with Gasteiger partial charge in [0.2, 0.25) is 11.8 Å². The van der Waals surface area contributed by atoms with Crippen LogP contribution < -0.4 is 4.74 Å². The number of hydrogen-bond donors (Lipinski definition) is 0. The Morgan fingerprint density at radius 2 is 2.04 bits per heavy atom. The molecular weight excluding hydrogens is 366 g/mol. The van der Waals surface area contributed by atoms with Crippen LogP contribution in [0.2, 0.25) is 0 Å².